The first-order valence-electron chi connectivity index (χ1n) is 6.15. The molecule has 2 unspecified atom stereocenters. The molecule has 0 radical (unpaired) electrons. The van der Waals surface area contributed by atoms with Crippen molar-refractivity contribution in [3.8, 4) is 0 Å². The molecule has 1 heterocycles. The summed E-state index contributed by atoms with van der Waals surface area (Å²) in [5.74, 6) is 1.33. The van der Waals surface area contributed by atoms with E-state index < -0.39 is 0 Å². The summed E-state index contributed by atoms with van der Waals surface area (Å²) in [4.78, 5) is 7.89. The van der Waals surface area contributed by atoms with Gasteiger partial charge >= 0.3 is 0 Å². The van der Waals surface area contributed by atoms with Gasteiger partial charge in [0.25, 0.3) is 0 Å². The van der Waals surface area contributed by atoms with Gasteiger partial charge in [0, 0.05) is 12.6 Å². The van der Waals surface area contributed by atoms with Crippen LogP contribution in [0, 0.1) is 11.8 Å². The maximum Gasteiger partial charge on any atom is 0.0705 e. The normalized spacial score (nSPS) is 25.8. The number of piperidine rings is 1. The lowest BCUT2D eigenvalue weighted by Crippen LogP contribution is -2.43. The monoisotopic (exact) mass is 214 g/mol. The highest BCUT2D eigenvalue weighted by atomic mass is 16.6. The fraction of sp³-hybridized carbons (Fsp3) is 1.00. The van der Waals surface area contributed by atoms with E-state index in [4.69, 9.17) is 4.84 Å². The Labute approximate surface area is 94.1 Å². The van der Waals surface area contributed by atoms with Crippen LogP contribution in [-0.2, 0) is 4.84 Å². The summed E-state index contributed by atoms with van der Waals surface area (Å²) in [7, 11) is 2.20. The Morgan fingerprint density at radius 3 is 2.73 bits per heavy atom. The standard InChI is InChI=1S/C12H26N2O/c1-10(2)9-15-13-11(3)12-6-5-7-14(4)8-12/h10-13H,5-9H2,1-4H3. The Morgan fingerprint density at radius 1 is 1.40 bits per heavy atom. The topological polar surface area (TPSA) is 24.5 Å². The minimum absolute atomic E-state index is 0.464. The van der Waals surface area contributed by atoms with E-state index in [9.17, 15) is 0 Å². The molecule has 90 valence electrons. The first-order chi connectivity index (χ1) is 7.09. The average molecular weight is 214 g/mol. The van der Waals surface area contributed by atoms with Gasteiger partial charge in [-0.2, -0.15) is 5.48 Å². The van der Waals surface area contributed by atoms with Crippen LogP contribution in [0.5, 0.6) is 0 Å². The van der Waals surface area contributed by atoms with Gasteiger partial charge in [-0.25, -0.2) is 0 Å². The highest BCUT2D eigenvalue weighted by molar-refractivity contribution is 4.77. The quantitative estimate of drug-likeness (QED) is 0.707. The molecule has 0 amide bonds. The summed E-state index contributed by atoms with van der Waals surface area (Å²) in [5, 5.41) is 0. The third-order valence-corrected chi connectivity index (χ3v) is 3.05. The zero-order valence-corrected chi connectivity index (χ0v) is 10.6. The second kappa shape index (κ2) is 6.46. The van der Waals surface area contributed by atoms with Crippen molar-refractivity contribution in [1.29, 1.82) is 0 Å². The highest BCUT2D eigenvalue weighted by Gasteiger charge is 2.22. The van der Waals surface area contributed by atoms with E-state index in [1.165, 1.54) is 25.9 Å². The molecule has 2 atom stereocenters. The van der Waals surface area contributed by atoms with Gasteiger partial charge in [-0.15, -0.1) is 0 Å². The van der Waals surface area contributed by atoms with E-state index in [1.807, 2.05) is 0 Å². The molecule has 0 bridgehead atoms. The molecular formula is C12H26N2O. The van der Waals surface area contributed by atoms with Crippen molar-refractivity contribution < 1.29 is 4.84 Å². The van der Waals surface area contributed by atoms with Gasteiger partial charge in [-0.05, 0) is 45.2 Å². The minimum Gasteiger partial charge on any atom is -0.306 e. The van der Waals surface area contributed by atoms with Crippen molar-refractivity contribution in [3.05, 3.63) is 0 Å². The van der Waals surface area contributed by atoms with Gasteiger partial charge in [0.1, 0.15) is 0 Å². The summed E-state index contributed by atoms with van der Waals surface area (Å²) in [6.07, 6.45) is 2.64. The number of nitrogens with zero attached hydrogens (tertiary/aromatic N) is 1. The van der Waals surface area contributed by atoms with Crippen LogP contribution < -0.4 is 5.48 Å². The third kappa shape index (κ3) is 4.96. The summed E-state index contributed by atoms with van der Waals surface area (Å²) >= 11 is 0. The summed E-state index contributed by atoms with van der Waals surface area (Å²) in [6, 6.07) is 0.464. The number of hydrogen-bond donors (Lipinski definition) is 1. The zero-order valence-electron chi connectivity index (χ0n) is 10.6. The summed E-state index contributed by atoms with van der Waals surface area (Å²) in [6.45, 7) is 9.80. The summed E-state index contributed by atoms with van der Waals surface area (Å²) in [5.41, 5.74) is 3.18. The minimum atomic E-state index is 0.464. The van der Waals surface area contributed by atoms with Gasteiger partial charge in [0.15, 0.2) is 0 Å². The van der Waals surface area contributed by atoms with Crippen molar-refractivity contribution in [1.82, 2.24) is 10.4 Å². The first kappa shape index (κ1) is 12.9. The largest absolute Gasteiger partial charge is 0.306 e. The second-order valence-electron chi connectivity index (χ2n) is 5.28. The first-order valence-corrected chi connectivity index (χ1v) is 6.15. The van der Waals surface area contributed by atoms with Crippen molar-refractivity contribution in [3.63, 3.8) is 0 Å². The number of likely N-dealkylation sites (tertiary alicyclic amines) is 1. The fourth-order valence-electron chi connectivity index (χ4n) is 2.06. The molecule has 0 aliphatic carbocycles. The molecule has 0 aromatic carbocycles. The van der Waals surface area contributed by atoms with Gasteiger partial charge in [0.05, 0.1) is 6.61 Å². The molecule has 1 rings (SSSR count). The predicted molar refractivity (Wildman–Crippen MR) is 63.6 cm³/mol. The Balaban J connectivity index is 2.17. The van der Waals surface area contributed by atoms with Gasteiger partial charge in [-0.3, -0.25) is 0 Å². The van der Waals surface area contributed by atoms with Crippen LogP contribution in [0.15, 0.2) is 0 Å². The van der Waals surface area contributed by atoms with E-state index in [2.05, 4.69) is 38.2 Å². The maximum atomic E-state index is 5.48. The SMILES string of the molecule is CC(C)CONC(C)C1CCCN(C)C1. The lowest BCUT2D eigenvalue weighted by atomic mass is 9.92. The van der Waals surface area contributed by atoms with Crippen LogP contribution in [0.1, 0.15) is 33.6 Å². The van der Waals surface area contributed by atoms with E-state index >= 15 is 0 Å². The second-order valence-corrected chi connectivity index (χ2v) is 5.28. The molecule has 1 aliphatic rings. The van der Waals surface area contributed by atoms with Crippen LogP contribution >= 0.6 is 0 Å². The maximum absolute atomic E-state index is 5.48. The Bertz CT molecular complexity index is 173. The smallest absolute Gasteiger partial charge is 0.0705 e. The number of rotatable bonds is 5. The molecule has 3 heteroatoms. The molecule has 15 heavy (non-hydrogen) atoms. The van der Waals surface area contributed by atoms with E-state index in [0.717, 1.165) is 12.5 Å². The van der Waals surface area contributed by atoms with Crippen molar-refractivity contribution in [2.45, 2.75) is 39.7 Å². The van der Waals surface area contributed by atoms with Crippen molar-refractivity contribution in [2.24, 2.45) is 11.8 Å². The van der Waals surface area contributed by atoms with Gasteiger partial charge in [0.2, 0.25) is 0 Å². The van der Waals surface area contributed by atoms with E-state index in [-0.39, 0.29) is 0 Å². The molecule has 1 aliphatic heterocycles. The molecule has 0 spiro atoms. The van der Waals surface area contributed by atoms with Gasteiger partial charge in [-0.1, -0.05) is 13.8 Å². The Kier molecular flexibility index (Phi) is 5.58. The van der Waals surface area contributed by atoms with E-state index in [0.29, 0.717) is 12.0 Å². The molecule has 0 saturated carbocycles. The van der Waals surface area contributed by atoms with Crippen LogP contribution in [0.3, 0.4) is 0 Å². The third-order valence-electron chi connectivity index (χ3n) is 3.05. The number of nitrogens with one attached hydrogen (secondary N) is 1. The molecule has 1 N–H and O–H groups in total. The predicted octanol–water partition coefficient (Wildman–Crippen LogP) is 1.89. The molecule has 1 saturated heterocycles. The molecule has 1 fully saturated rings. The van der Waals surface area contributed by atoms with Crippen molar-refractivity contribution >= 4 is 0 Å². The molecular weight excluding hydrogens is 188 g/mol. The van der Waals surface area contributed by atoms with Crippen LogP contribution in [0.4, 0.5) is 0 Å². The highest BCUT2D eigenvalue weighted by Crippen LogP contribution is 2.18. The van der Waals surface area contributed by atoms with Crippen LogP contribution in [0.25, 0.3) is 0 Å². The van der Waals surface area contributed by atoms with E-state index in [1.54, 1.807) is 0 Å². The Hall–Kier alpha value is -0.120. The molecule has 0 aromatic rings. The summed E-state index contributed by atoms with van der Waals surface area (Å²) < 4.78 is 0. The zero-order chi connectivity index (χ0) is 11.3. The van der Waals surface area contributed by atoms with Gasteiger partial charge < -0.3 is 9.74 Å². The van der Waals surface area contributed by atoms with Crippen LogP contribution in [0.2, 0.25) is 0 Å². The van der Waals surface area contributed by atoms with Crippen molar-refractivity contribution in [2.75, 3.05) is 26.7 Å². The Morgan fingerprint density at radius 2 is 2.13 bits per heavy atom. The average Bonchev–Trinajstić information content (AvgIpc) is 2.17. The lowest BCUT2D eigenvalue weighted by Gasteiger charge is -2.33. The van der Waals surface area contributed by atoms with Crippen LogP contribution in [-0.4, -0.2) is 37.7 Å². The fourth-order valence-corrected chi connectivity index (χ4v) is 2.06. The number of hydroxylamine groups is 1. The number of hydrogen-bond acceptors (Lipinski definition) is 3. The lowest BCUT2D eigenvalue weighted by molar-refractivity contribution is -0.0159. The molecule has 0 aromatic heterocycles. The molecule has 3 nitrogen and oxygen atoms in total.